The molecule has 4 heteroatoms. The van der Waals surface area contributed by atoms with Crippen molar-refractivity contribution in [3.8, 4) is 0 Å². The number of nitrogens with one attached hydrogen (secondary N) is 1. The van der Waals surface area contributed by atoms with Crippen LogP contribution in [0.25, 0.3) is 0 Å². The van der Waals surface area contributed by atoms with Gasteiger partial charge in [0, 0.05) is 12.0 Å². The van der Waals surface area contributed by atoms with Gasteiger partial charge in [0.15, 0.2) is 11.6 Å². The van der Waals surface area contributed by atoms with E-state index in [2.05, 4.69) is 34.6 Å². The zero-order chi connectivity index (χ0) is 15.7. The maximum atomic E-state index is 12.3. The van der Waals surface area contributed by atoms with Crippen LogP contribution < -0.4 is 5.32 Å². The summed E-state index contributed by atoms with van der Waals surface area (Å²) in [6, 6.07) is 10.7. The van der Waals surface area contributed by atoms with Gasteiger partial charge >= 0.3 is 0 Å². The Morgan fingerprint density at radius 1 is 1.27 bits per heavy atom. The van der Waals surface area contributed by atoms with Crippen molar-refractivity contribution in [2.24, 2.45) is 0 Å². The van der Waals surface area contributed by atoms with Gasteiger partial charge in [-0.15, -0.1) is 0 Å². The van der Waals surface area contributed by atoms with Crippen LogP contribution in [0.2, 0.25) is 0 Å². The first-order valence-corrected chi connectivity index (χ1v) is 7.87. The van der Waals surface area contributed by atoms with Crippen LogP contribution in [0.4, 0.5) is 0 Å². The SMILES string of the molecule is Cc1oc(C(C)C)nc1C(=O)NC1CC(c2ccccc2)C1. The molecule has 1 fully saturated rings. The summed E-state index contributed by atoms with van der Waals surface area (Å²) < 4.78 is 5.55. The molecule has 1 aliphatic carbocycles. The Morgan fingerprint density at radius 2 is 1.95 bits per heavy atom. The first-order valence-electron chi connectivity index (χ1n) is 7.87. The van der Waals surface area contributed by atoms with Crippen molar-refractivity contribution in [2.75, 3.05) is 0 Å². The summed E-state index contributed by atoms with van der Waals surface area (Å²) in [6.07, 6.45) is 1.98. The Morgan fingerprint density at radius 3 is 2.55 bits per heavy atom. The average Bonchev–Trinajstić information content (AvgIpc) is 2.85. The monoisotopic (exact) mass is 298 g/mol. The third kappa shape index (κ3) is 2.91. The Hall–Kier alpha value is -2.10. The fraction of sp³-hybridized carbons (Fsp3) is 0.444. The first-order chi connectivity index (χ1) is 10.5. The van der Waals surface area contributed by atoms with Crippen LogP contribution in [-0.2, 0) is 0 Å². The highest BCUT2D eigenvalue weighted by Crippen LogP contribution is 2.36. The van der Waals surface area contributed by atoms with Gasteiger partial charge in [0.1, 0.15) is 5.76 Å². The number of nitrogens with zero attached hydrogens (tertiary/aromatic N) is 1. The van der Waals surface area contributed by atoms with Crippen LogP contribution >= 0.6 is 0 Å². The van der Waals surface area contributed by atoms with Gasteiger partial charge in [0.2, 0.25) is 0 Å². The quantitative estimate of drug-likeness (QED) is 0.934. The fourth-order valence-electron chi connectivity index (χ4n) is 2.86. The van der Waals surface area contributed by atoms with Crippen LogP contribution in [0.5, 0.6) is 0 Å². The second-order valence-electron chi connectivity index (χ2n) is 6.36. The average molecular weight is 298 g/mol. The van der Waals surface area contributed by atoms with E-state index in [0.717, 1.165) is 12.8 Å². The number of hydrogen-bond donors (Lipinski definition) is 1. The number of aromatic nitrogens is 1. The Bertz CT molecular complexity index is 655. The van der Waals surface area contributed by atoms with Gasteiger partial charge in [-0.3, -0.25) is 4.79 Å². The third-order valence-corrected chi connectivity index (χ3v) is 4.27. The minimum Gasteiger partial charge on any atom is -0.445 e. The van der Waals surface area contributed by atoms with Gasteiger partial charge in [-0.1, -0.05) is 44.2 Å². The molecule has 3 rings (SSSR count). The van der Waals surface area contributed by atoms with E-state index in [1.54, 1.807) is 6.92 Å². The lowest BCUT2D eigenvalue weighted by Gasteiger charge is -2.36. The van der Waals surface area contributed by atoms with Gasteiger partial charge in [-0.2, -0.15) is 0 Å². The van der Waals surface area contributed by atoms with E-state index < -0.39 is 0 Å². The van der Waals surface area contributed by atoms with Crippen molar-refractivity contribution < 1.29 is 9.21 Å². The summed E-state index contributed by atoms with van der Waals surface area (Å²) in [5, 5.41) is 3.06. The van der Waals surface area contributed by atoms with E-state index in [0.29, 0.717) is 23.3 Å². The second kappa shape index (κ2) is 5.95. The number of carbonyl (C=O) groups excluding carboxylic acids is 1. The molecule has 116 valence electrons. The van der Waals surface area contributed by atoms with E-state index in [-0.39, 0.29) is 17.9 Å². The molecule has 1 aliphatic rings. The summed E-state index contributed by atoms with van der Waals surface area (Å²) in [5.41, 5.74) is 1.78. The molecule has 1 aromatic carbocycles. The number of oxazole rings is 1. The van der Waals surface area contributed by atoms with Crippen molar-refractivity contribution in [3.63, 3.8) is 0 Å². The van der Waals surface area contributed by atoms with Crippen molar-refractivity contribution in [1.29, 1.82) is 0 Å². The number of rotatable bonds is 4. The van der Waals surface area contributed by atoms with E-state index in [4.69, 9.17) is 4.42 Å². The van der Waals surface area contributed by atoms with Crippen molar-refractivity contribution in [3.05, 3.63) is 53.2 Å². The molecule has 1 amide bonds. The summed E-state index contributed by atoms with van der Waals surface area (Å²) in [4.78, 5) is 16.6. The summed E-state index contributed by atoms with van der Waals surface area (Å²) in [6.45, 7) is 5.80. The van der Waals surface area contributed by atoms with E-state index >= 15 is 0 Å². The molecule has 1 saturated carbocycles. The largest absolute Gasteiger partial charge is 0.445 e. The van der Waals surface area contributed by atoms with Crippen molar-refractivity contribution in [2.45, 2.75) is 51.5 Å². The molecule has 4 nitrogen and oxygen atoms in total. The second-order valence-corrected chi connectivity index (χ2v) is 6.36. The highest BCUT2D eigenvalue weighted by Gasteiger charge is 2.32. The molecule has 1 aromatic heterocycles. The normalized spacial score (nSPS) is 20.7. The molecular weight excluding hydrogens is 276 g/mol. The third-order valence-electron chi connectivity index (χ3n) is 4.27. The lowest BCUT2D eigenvalue weighted by Crippen LogP contribution is -2.43. The summed E-state index contributed by atoms with van der Waals surface area (Å²) in [7, 11) is 0. The topological polar surface area (TPSA) is 55.1 Å². The number of amides is 1. The van der Waals surface area contributed by atoms with Crippen molar-refractivity contribution >= 4 is 5.91 Å². The van der Waals surface area contributed by atoms with Crippen LogP contribution in [0.1, 0.15) is 66.2 Å². The van der Waals surface area contributed by atoms with Gasteiger partial charge in [0.05, 0.1) is 0 Å². The molecule has 2 aromatic rings. The first kappa shape index (κ1) is 14.8. The van der Waals surface area contributed by atoms with Crippen LogP contribution in [-0.4, -0.2) is 16.9 Å². The van der Waals surface area contributed by atoms with Crippen LogP contribution in [0.3, 0.4) is 0 Å². The minimum atomic E-state index is -0.121. The smallest absolute Gasteiger partial charge is 0.273 e. The zero-order valence-corrected chi connectivity index (χ0v) is 13.3. The lowest BCUT2D eigenvalue weighted by atomic mass is 9.76. The van der Waals surface area contributed by atoms with Gasteiger partial charge in [-0.05, 0) is 31.2 Å². The van der Waals surface area contributed by atoms with E-state index in [9.17, 15) is 4.79 Å². The lowest BCUT2D eigenvalue weighted by molar-refractivity contribution is 0.0903. The fourth-order valence-corrected chi connectivity index (χ4v) is 2.86. The molecule has 0 radical (unpaired) electrons. The Kier molecular flexibility index (Phi) is 4.01. The molecule has 22 heavy (non-hydrogen) atoms. The number of aryl methyl sites for hydroxylation is 1. The molecule has 1 heterocycles. The predicted octanol–water partition coefficient (Wildman–Crippen LogP) is 3.78. The van der Waals surface area contributed by atoms with E-state index in [1.807, 2.05) is 19.9 Å². The Balaban J connectivity index is 1.58. The maximum Gasteiger partial charge on any atom is 0.273 e. The summed E-state index contributed by atoms with van der Waals surface area (Å²) in [5.74, 6) is 1.84. The predicted molar refractivity (Wildman–Crippen MR) is 85.0 cm³/mol. The zero-order valence-electron chi connectivity index (χ0n) is 13.3. The van der Waals surface area contributed by atoms with E-state index in [1.165, 1.54) is 5.56 Å². The van der Waals surface area contributed by atoms with Crippen LogP contribution in [0.15, 0.2) is 34.7 Å². The maximum absolute atomic E-state index is 12.3. The standard InChI is InChI=1S/C18H22N2O2/c1-11(2)18-20-16(12(3)22-18)17(21)19-15-9-14(10-15)13-7-5-4-6-8-13/h4-8,11,14-15H,9-10H2,1-3H3,(H,19,21). The molecule has 0 saturated heterocycles. The molecule has 0 aliphatic heterocycles. The van der Waals surface area contributed by atoms with Crippen molar-refractivity contribution in [1.82, 2.24) is 10.3 Å². The highest BCUT2D eigenvalue weighted by molar-refractivity contribution is 5.93. The highest BCUT2D eigenvalue weighted by atomic mass is 16.4. The number of carbonyl (C=O) groups is 1. The molecule has 1 N–H and O–H groups in total. The number of hydrogen-bond acceptors (Lipinski definition) is 3. The van der Waals surface area contributed by atoms with Gasteiger partial charge in [0.25, 0.3) is 5.91 Å². The van der Waals surface area contributed by atoms with Crippen LogP contribution in [0, 0.1) is 6.92 Å². The Labute approximate surface area is 130 Å². The molecular formula is C18H22N2O2. The molecule has 0 spiro atoms. The summed E-state index contributed by atoms with van der Waals surface area (Å²) >= 11 is 0. The van der Waals surface area contributed by atoms with Gasteiger partial charge < -0.3 is 9.73 Å². The number of benzene rings is 1. The molecule has 0 atom stereocenters. The molecule has 0 unspecified atom stereocenters. The van der Waals surface area contributed by atoms with Gasteiger partial charge in [-0.25, -0.2) is 4.98 Å². The molecule has 0 bridgehead atoms. The minimum absolute atomic E-state index is 0.121.